The average molecular weight is 263 g/mol. The van der Waals surface area contributed by atoms with Gasteiger partial charge < -0.3 is 9.64 Å². The molecule has 0 saturated carbocycles. The Hall–Kier alpha value is -1.11. The van der Waals surface area contributed by atoms with Crippen LogP contribution in [0.5, 0.6) is 0 Å². The zero-order valence-corrected chi connectivity index (χ0v) is 11.0. The van der Waals surface area contributed by atoms with E-state index in [1.807, 2.05) is 0 Å². The molecule has 1 saturated heterocycles. The molecule has 0 radical (unpaired) electrons. The lowest BCUT2D eigenvalue weighted by Crippen LogP contribution is -2.40. The molecule has 98 valence electrons. The molecule has 6 nitrogen and oxygen atoms in total. The first-order chi connectivity index (χ1) is 7.83. The van der Waals surface area contributed by atoms with Crippen molar-refractivity contribution in [2.45, 2.75) is 31.6 Å². The molecule has 1 rings (SSSR count). The number of carbonyl (C=O) groups is 2. The molecular formula is C10H17NO5S. The summed E-state index contributed by atoms with van der Waals surface area (Å²) in [6.45, 7) is 2.95. The summed E-state index contributed by atoms with van der Waals surface area (Å²) in [6.07, 6.45) is 0.127. The normalized spacial score (nSPS) is 24.8. The second-order valence-corrected chi connectivity index (χ2v) is 6.59. The topological polar surface area (TPSA) is 80.8 Å². The monoisotopic (exact) mass is 263 g/mol. The van der Waals surface area contributed by atoms with Crippen LogP contribution >= 0.6 is 0 Å². The Morgan fingerprint density at radius 2 is 2.00 bits per heavy atom. The first-order valence-electron chi connectivity index (χ1n) is 5.40. The lowest BCUT2D eigenvalue weighted by Gasteiger charge is -2.20. The Kier molecular flexibility index (Phi) is 4.13. The minimum Gasteiger partial charge on any atom is -0.467 e. The van der Waals surface area contributed by atoms with E-state index < -0.39 is 27.1 Å². The Labute approximate surface area is 101 Å². The number of likely N-dealkylation sites (tertiary alicyclic amines) is 1. The van der Waals surface area contributed by atoms with Crippen LogP contribution in [-0.2, 0) is 24.2 Å². The summed E-state index contributed by atoms with van der Waals surface area (Å²) in [6, 6.07) is -0.774. The summed E-state index contributed by atoms with van der Waals surface area (Å²) in [7, 11) is -2.02. The van der Waals surface area contributed by atoms with E-state index >= 15 is 0 Å². The first-order valence-corrected chi connectivity index (χ1v) is 7.11. The highest BCUT2D eigenvalue weighted by atomic mass is 32.2. The molecule has 0 N–H and O–H groups in total. The molecule has 1 fully saturated rings. The second-order valence-electron chi connectivity index (χ2n) is 4.02. The van der Waals surface area contributed by atoms with Gasteiger partial charge in [0.25, 0.3) is 0 Å². The van der Waals surface area contributed by atoms with Crippen LogP contribution in [0.25, 0.3) is 0 Å². The highest BCUT2D eigenvalue weighted by Gasteiger charge is 2.43. The van der Waals surface area contributed by atoms with Gasteiger partial charge in [0.05, 0.1) is 12.4 Å². The third kappa shape index (κ3) is 2.77. The first kappa shape index (κ1) is 14.0. The summed E-state index contributed by atoms with van der Waals surface area (Å²) in [4.78, 5) is 24.1. The molecule has 0 bridgehead atoms. The highest BCUT2D eigenvalue weighted by Crippen LogP contribution is 2.24. The van der Waals surface area contributed by atoms with E-state index in [0.29, 0.717) is 0 Å². The summed E-state index contributed by atoms with van der Waals surface area (Å²) in [5.41, 5.74) is 0. The zero-order valence-electron chi connectivity index (χ0n) is 10.2. The van der Waals surface area contributed by atoms with E-state index in [0.717, 1.165) is 0 Å². The quantitative estimate of drug-likeness (QED) is 0.646. The molecule has 0 unspecified atom stereocenters. The van der Waals surface area contributed by atoms with Crippen molar-refractivity contribution in [3.05, 3.63) is 0 Å². The Balaban J connectivity index is 2.94. The number of amides is 1. The van der Waals surface area contributed by atoms with Gasteiger partial charge in [0.15, 0.2) is 9.84 Å². The third-order valence-corrected chi connectivity index (χ3v) is 5.21. The van der Waals surface area contributed by atoms with Crippen molar-refractivity contribution in [1.29, 1.82) is 0 Å². The van der Waals surface area contributed by atoms with Gasteiger partial charge in [-0.1, -0.05) is 6.92 Å². The molecule has 1 aliphatic heterocycles. The van der Waals surface area contributed by atoms with Gasteiger partial charge in [-0.25, -0.2) is 13.2 Å². The summed E-state index contributed by atoms with van der Waals surface area (Å²) in [5, 5.41) is -0.666. The molecule has 0 aromatic heterocycles. The fourth-order valence-corrected chi connectivity index (χ4v) is 3.34. The number of hydrogen-bond donors (Lipinski definition) is 0. The van der Waals surface area contributed by atoms with Crippen molar-refractivity contribution >= 4 is 21.7 Å². The van der Waals surface area contributed by atoms with Crippen LogP contribution in [0.1, 0.15) is 20.3 Å². The highest BCUT2D eigenvalue weighted by molar-refractivity contribution is 7.92. The number of hydrogen-bond acceptors (Lipinski definition) is 5. The molecule has 0 spiro atoms. The smallest absolute Gasteiger partial charge is 0.328 e. The summed E-state index contributed by atoms with van der Waals surface area (Å²) in [5.74, 6) is -0.861. The van der Waals surface area contributed by atoms with Crippen LogP contribution in [0.2, 0.25) is 0 Å². The van der Waals surface area contributed by atoms with Gasteiger partial charge in [0.2, 0.25) is 5.91 Å². The Bertz CT molecular complexity index is 416. The van der Waals surface area contributed by atoms with Crippen LogP contribution in [0.4, 0.5) is 0 Å². The van der Waals surface area contributed by atoms with Gasteiger partial charge >= 0.3 is 5.97 Å². The van der Waals surface area contributed by atoms with E-state index in [1.54, 1.807) is 6.92 Å². The van der Waals surface area contributed by atoms with Gasteiger partial charge in [0.1, 0.15) is 6.04 Å². The van der Waals surface area contributed by atoms with Crippen molar-refractivity contribution in [2.75, 3.05) is 19.4 Å². The van der Waals surface area contributed by atoms with Crippen LogP contribution in [-0.4, -0.2) is 55.9 Å². The van der Waals surface area contributed by atoms with Gasteiger partial charge in [-0.15, -0.1) is 0 Å². The van der Waals surface area contributed by atoms with Crippen LogP contribution in [0.15, 0.2) is 0 Å². The van der Waals surface area contributed by atoms with E-state index in [4.69, 9.17) is 0 Å². The fraction of sp³-hybridized carbons (Fsp3) is 0.800. The third-order valence-electron chi connectivity index (χ3n) is 3.05. The van der Waals surface area contributed by atoms with Crippen molar-refractivity contribution in [1.82, 2.24) is 4.90 Å². The molecule has 0 aliphatic carbocycles. The summed E-state index contributed by atoms with van der Waals surface area (Å²) >= 11 is 0. The maximum absolute atomic E-state index is 11.7. The molecule has 17 heavy (non-hydrogen) atoms. The maximum Gasteiger partial charge on any atom is 0.328 e. The minimum absolute atomic E-state index is 0.0112. The minimum atomic E-state index is -3.24. The van der Waals surface area contributed by atoms with E-state index in [9.17, 15) is 18.0 Å². The number of sulfone groups is 1. The molecule has 1 amide bonds. The maximum atomic E-state index is 11.7. The number of carbonyl (C=O) groups excluding carboxylic acids is 2. The summed E-state index contributed by atoms with van der Waals surface area (Å²) < 4.78 is 28.1. The van der Waals surface area contributed by atoms with Crippen molar-refractivity contribution in [3.8, 4) is 0 Å². The molecule has 0 aromatic carbocycles. The Morgan fingerprint density at radius 1 is 1.41 bits per heavy atom. The second kappa shape index (κ2) is 5.03. The number of esters is 1. The Morgan fingerprint density at radius 3 is 2.41 bits per heavy atom. The van der Waals surface area contributed by atoms with Crippen molar-refractivity contribution < 1.29 is 22.7 Å². The van der Waals surface area contributed by atoms with Crippen molar-refractivity contribution in [2.24, 2.45) is 0 Å². The van der Waals surface area contributed by atoms with Gasteiger partial charge in [-0.2, -0.15) is 0 Å². The standard InChI is InChI=1S/C10H17NO5S/c1-4-17(14,15)8-5-9(10(13)16-3)11(6-8)7(2)12/h8-9H,4-6H2,1-3H3/t8-,9+/m1/s1. The molecule has 1 aliphatic rings. The zero-order chi connectivity index (χ0) is 13.2. The molecule has 0 aromatic rings. The van der Waals surface area contributed by atoms with Crippen molar-refractivity contribution in [3.63, 3.8) is 0 Å². The molecule has 7 heteroatoms. The van der Waals surface area contributed by atoms with E-state index in [-0.39, 0.29) is 24.6 Å². The van der Waals surface area contributed by atoms with Crippen LogP contribution in [0, 0.1) is 0 Å². The van der Waals surface area contributed by atoms with Gasteiger partial charge in [-0.05, 0) is 6.42 Å². The number of rotatable bonds is 3. The van der Waals surface area contributed by atoms with E-state index in [2.05, 4.69) is 4.74 Å². The van der Waals surface area contributed by atoms with E-state index in [1.165, 1.54) is 18.9 Å². The lowest BCUT2D eigenvalue weighted by atomic mass is 10.2. The van der Waals surface area contributed by atoms with Crippen LogP contribution in [0.3, 0.4) is 0 Å². The SMILES string of the molecule is CCS(=O)(=O)[C@@H]1C[C@@H](C(=O)OC)N(C(C)=O)C1. The molecule has 2 atom stereocenters. The number of nitrogens with zero attached hydrogens (tertiary/aromatic N) is 1. The van der Waals surface area contributed by atoms with Gasteiger partial charge in [-0.3, -0.25) is 4.79 Å². The number of ether oxygens (including phenoxy) is 1. The average Bonchev–Trinajstić information content (AvgIpc) is 2.73. The lowest BCUT2D eigenvalue weighted by molar-refractivity contribution is -0.150. The van der Waals surface area contributed by atoms with Gasteiger partial charge in [0, 0.05) is 19.2 Å². The largest absolute Gasteiger partial charge is 0.467 e. The fourth-order valence-electron chi connectivity index (χ4n) is 2.00. The molecule has 1 heterocycles. The predicted molar refractivity (Wildman–Crippen MR) is 61.1 cm³/mol. The molecular weight excluding hydrogens is 246 g/mol. The number of methoxy groups -OCH3 is 1. The van der Waals surface area contributed by atoms with Crippen LogP contribution < -0.4 is 0 Å². The predicted octanol–water partition coefficient (Wildman–Crippen LogP) is -0.416.